The highest BCUT2D eigenvalue weighted by Crippen LogP contribution is 2.38. The Hall–Kier alpha value is -0.610. The second-order valence-corrected chi connectivity index (χ2v) is 7.28. The van der Waals surface area contributed by atoms with Gasteiger partial charge in [0, 0.05) is 13.0 Å². The van der Waals surface area contributed by atoms with Gasteiger partial charge in [-0.1, -0.05) is 44.9 Å². The lowest BCUT2D eigenvalue weighted by atomic mass is 9.72. The molecular weight excluding hydrogens is 276 g/mol. The molecule has 2 fully saturated rings. The first-order valence-electron chi connectivity index (χ1n) is 9.32. The van der Waals surface area contributed by atoms with E-state index in [1.807, 2.05) is 0 Å². The molecule has 0 heterocycles. The zero-order chi connectivity index (χ0) is 15.7. The molecule has 128 valence electrons. The molecule has 0 saturated heterocycles. The molecule has 0 aromatic heterocycles. The first-order chi connectivity index (χ1) is 10.7. The van der Waals surface area contributed by atoms with Gasteiger partial charge in [0.2, 0.25) is 5.91 Å². The van der Waals surface area contributed by atoms with Crippen LogP contribution in [0.1, 0.15) is 77.0 Å². The van der Waals surface area contributed by atoms with Crippen LogP contribution in [0.25, 0.3) is 0 Å². The van der Waals surface area contributed by atoms with E-state index in [1.165, 1.54) is 57.8 Å². The van der Waals surface area contributed by atoms with Crippen LogP contribution in [0.4, 0.5) is 0 Å². The Morgan fingerprint density at radius 2 is 1.68 bits per heavy atom. The summed E-state index contributed by atoms with van der Waals surface area (Å²) < 4.78 is 5.92. The molecule has 0 bridgehead atoms. The van der Waals surface area contributed by atoms with Crippen LogP contribution >= 0.6 is 0 Å². The molecule has 2 rings (SSSR count). The van der Waals surface area contributed by atoms with Crippen molar-refractivity contribution in [2.24, 2.45) is 11.1 Å². The topological polar surface area (TPSA) is 64.4 Å². The summed E-state index contributed by atoms with van der Waals surface area (Å²) in [6.07, 6.45) is 14.6. The Morgan fingerprint density at radius 3 is 2.32 bits per heavy atom. The largest absolute Gasteiger partial charge is 0.376 e. The minimum absolute atomic E-state index is 0.0600. The zero-order valence-electron chi connectivity index (χ0n) is 14.1. The van der Waals surface area contributed by atoms with E-state index < -0.39 is 0 Å². The second kappa shape index (κ2) is 9.51. The molecule has 2 saturated carbocycles. The van der Waals surface area contributed by atoms with Crippen molar-refractivity contribution in [1.29, 1.82) is 0 Å². The summed E-state index contributed by atoms with van der Waals surface area (Å²) in [6, 6.07) is 0. The SMILES string of the molecule is NCC1(CC(=O)NCCOC2CCCCCC2)CCCCC1. The highest BCUT2D eigenvalue weighted by atomic mass is 16.5. The molecule has 0 aliphatic heterocycles. The Balaban J connectivity index is 1.60. The van der Waals surface area contributed by atoms with Gasteiger partial charge in [-0.3, -0.25) is 4.79 Å². The molecule has 0 aromatic carbocycles. The molecule has 4 heteroatoms. The van der Waals surface area contributed by atoms with Gasteiger partial charge in [0.15, 0.2) is 0 Å². The lowest BCUT2D eigenvalue weighted by Gasteiger charge is -2.35. The number of nitrogens with two attached hydrogens (primary N) is 1. The minimum atomic E-state index is 0.0600. The molecule has 0 aromatic rings. The van der Waals surface area contributed by atoms with Gasteiger partial charge in [-0.25, -0.2) is 0 Å². The number of nitrogens with one attached hydrogen (secondary N) is 1. The number of carbonyl (C=O) groups excluding carboxylic acids is 1. The van der Waals surface area contributed by atoms with Gasteiger partial charge < -0.3 is 15.8 Å². The molecule has 0 unspecified atom stereocenters. The molecule has 0 spiro atoms. The Kier molecular flexibility index (Phi) is 7.67. The summed E-state index contributed by atoms with van der Waals surface area (Å²) in [7, 11) is 0. The van der Waals surface area contributed by atoms with Crippen LogP contribution in [0.2, 0.25) is 0 Å². The van der Waals surface area contributed by atoms with Crippen LogP contribution < -0.4 is 11.1 Å². The molecule has 0 atom stereocenters. The van der Waals surface area contributed by atoms with Crippen molar-refractivity contribution in [2.75, 3.05) is 19.7 Å². The first-order valence-corrected chi connectivity index (χ1v) is 9.32. The number of rotatable bonds is 7. The van der Waals surface area contributed by atoms with Crippen molar-refractivity contribution < 1.29 is 9.53 Å². The number of hydrogen-bond donors (Lipinski definition) is 2. The van der Waals surface area contributed by atoms with Gasteiger partial charge in [0.05, 0.1) is 12.7 Å². The predicted octanol–water partition coefficient (Wildman–Crippen LogP) is 3.14. The van der Waals surface area contributed by atoms with Crippen molar-refractivity contribution in [3.63, 3.8) is 0 Å². The van der Waals surface area contributed by atoms with E-state index in [1.54, 1.807) is 0 Å². The Labute approximate surface area is 135 Å². The first kappa shape index (κ1) is 17.7. The Bertz CT molecular complexity index is 319. The maximum Gasteiger partial charge on any atom is 0.220 e. The van der Waals surface area contributed by atoms with E-state index in [4.69, 9.17) is 10.5 Å². The van der Waals surface area contributed by atoms with Crippen molar-refractivity contribution >= 4 is 5.91 Å². The van der Waals surface area contributed by atoms with Gasteiger partial charge >= 0.3 is 0 Å². The maximum atomic E-state index is 12.2. The number of ether oxygens (including phenoxy) is 1. The maximum absolute atomic E-state index is 12.2. The van der Waals surface area contributed by atoms with E-state index in [9.17, 15) is 4.79 Å². The number of hydrogen-bond acceptors (Lipinski definition) is 3. The molecule has 4 nitrogen and oxygen atoms in total. The van der Waals surface area contributed by atoms with Gasteiger partial charge in [0.25, 0.3) is 0 Å². The fraction of sp³-hybridized carbons (Fsp3) is 0.944. The third-order valence-electron chi connectivity index (χ3n) is 5.46. The van der Waals surface area contributed by atoms with Crippen LogP contribution in [-0.2, 0) is 9.53 Å². The molecule has 1 amide bonds. The van der Waals surface area contributed by atoms with E-state index >= 15 is 0 Å². The third kappa shape index (κ3) is 5.88. The molecule has 0 radical (unpaired) electrons. The fourth-order valence-electron chi connectivity index (χ4n) is 3.98. The van der Waals surface area contributed by atoms with Gasteiger partial charge in [-0.05, 0) is 37.6 Å². The Morgan fingerprint density at radius 1 is 1.05 bits per heavy atom. The lowest BCUT2D eigenvalue weighted by Crippen LogP contribution is -2.39. The molecule has 3 N–H and O–H groups in total. The summed E-state index contributed by atoms with van der Waals surface area (Å²) >= 11 is 0. The smallest absolute Gasteiger partial charge is 0.220 e. The van der Waals surface area contributed by atoms with Gasteiger partial charge in [0.1, 0.15) is 0 Å². The number of amides is 1. The third-order valence-corrected chi connectivity index (χ3v) is 5.46. The minimum Gasteiger partial charge on any atom is -0.376 e. The average Bonchev–Trinajstić information content (AvgIpc) is 2.81. The second-order valence-electron chi connectivity index (χ2n) is 7.28. The van der Waals surface area contributed by atoms with Crippen LogP contribution in [-0.4, -0.2) is 31.7 Å². The zero-order valence-corrected chi connectivity index (χ0v) is 14.1. The van der Waals surface area contributed by atoms with Gasteiger partial charge in [-0.15, -0.1) is 0 Å². The van der Waals surface area contributed by atoms with Crippen LogP contribution in [0.3, 0.4) is 0 Å². The molecule has 2 aliphatic carbocycles. The highest BCUT2D eigenvalue weighted by Gasteiger charge is 2.32. The van der Waals surface area contributed by atoms with E-state index in [-0.39, 0.29) is 11.3 Å². The van der Waals surface area contributed by atoms with E-state index in [2.05, 4.69) is 5.32 Å². The van der Waals surface area contributed by atoms with Crippen LogP contribution in [0.5, 0.6) is 0 Å². The molecule has 22 heavy (non-hydrogen) atoms. The van der Waals surface area contributed by atoms with E-state index in [0.29, 0.717) is 32.2 Å². The van der Waals surface area contributed by atoms with Crippen molar-refractivity contribution in [3.05, 3.63) is 0 Å². The summed E-state index contributed by atoms with van der Waals surface area (Å²) in [4.78, 5) is 12.2. The molecular formula is C18H34N2O2. The van der Waals surface area contributed by atoms with Crippen molar-refractivity contribution in [1.82, 2.24) is 5.32 Å². The highest BCUT2D eigenvalue weighted by molar-refractivity contribution is 5.76. The average molecular weight is 310 g/mol. The van der Waals surface area contributed by atoms with Crippen molar-refractivity contribution in [3.8, 4) is 0 Å². The fourth-order valence-corrected chi connectivity index (χ4v) is 3.98. The quantitative estimate of drug-likeness (QED) is 0.561. The summed E-state index contributed by atoms with van der Waals surface area (Å²) in [6.45, 7) is 1.92. The summed E-state index contributed by atoms with van der Waals surface area (Å²) in [5, 5.41) is 3.02. The van der Waals surface area contributed by atoms with E-state index in [0.717, 1.165) is 12.8 Å². The summed E-state index contributed by atoms with van der Waals surface area (Å²) in [5.41, 5.74) is 6.01. The molecule has 2 aliphatic rings. The lowest BCUT2D eigenvalue weighted by molar-refractivity contribution is -0.124. The summed E-state index contributed by atoms with van der Waals surface area (Å²) in [5.74, 6) is 0.150. The van der Waals surface area contributed by atoms with Crippen LogP contribution in [0.15, 0.2) is 0 Å². The normalized spacial score (nSPS) is 23.0. The predicted molar refractivity (Wildman–Crippen MR) is 89.6 cm³/mol. The monoisotopic (exact) mass is 310 g/mol. The standard InChI is InChI=1S/C18H34N2O2/c19-15-18(10-6-3-7-11-18)14-17(21)20-12-13-22-16-8-4-1-2-5-9-16/h16H,1-15,19H2,(H,20,21). The van der Waals surface area contributed by atoms with Crippen LogP contribution in [0, 0.1) is 5.41 Å². The van der Waals surface area contributed by atoms with Gasteiger partial charge in [-0.2, -0.15) is 0 Å². The van der Waals surface area contributed by atoms with Crippen molar-refractivity contribution in [2.45, 2.75) is 83.2 Å². The number of carbonyl (C=O) groups is 1.